The summed E-state index contributed by atoms with van der Waals surface area (Å²) in [7, 11) is 0. The first-order valence-corrected chi connectivity index (χ1v) is 7.53. The molecule has 0 radical (unpaired) electrons. The molecule has 114 valence electrons. The van der Waals surface area contributed by atoms with Gasteiger partial charge in [-0.05, 0) is 44.7 Å². The van der Waals surface area contributed by atoms with Crippen molar-refractivity contribution in [2.24, 2.45) is 5.92 Å². The van der Waals surface area contributed by atoms with Crippen molar-refractivity contribution in [3.05, 3.63) is 29.6 Å². The van der Waals surface area contributed by atoms with Gasteiger partial charge in [0.25, 0.3) is 11.8 Å². The Morgan fingerprint density at radius 2 is 2.19 bits per heavy atom. The van der Waals surface area contributed by atoms with Crippen LogP contribution in [-0.2, 0) is 0 Å². The van der Waals surface area contributed by atoms with Crippen molar-refractivity contribution in [2.75, 3.05) is 13.1 Å². The van der Waals surface area contributed by atoms with Crippen molar-refractivity contribution in [3.63, 3.8) is 0 Å². The number of carbonyl (C=O) groups is 2. The van der Waals surface area contributed by atoms with E-state index in [1.807, 2.05) is 18.7 Å². The van der Waals surface area contributed by atoms with Crippen LogP contribution in [0.25, 0.3) is 0 Å². The summed E-state index contributed by atoms with van der Waals surface area (Å²) < 4.78 is 0. The van der Waals surface area contributed by atoms with Gasteiger partial charge in [0.2, 0.25) is 0 Å². The molecule has 1 aromatic heterocycles. The molecule has 2 rings (SSSR count). The molecule has 21 heavy (non-hydrogen) atoms. The number of amides is 2. The maximum absolute atomic E-state index is 12.5. The number of hydrogen-bond donors (Lipinski definition) is 1. The lowest BCUT2D eigenvalue weighted by Gasteiger charge is -2.30. The van der Waals surface area contributed by atoms with Crippen molar-refractivity contribution in [1.29, 1.82) is 0 Å². The van der Waals surface area contributed by atoms with Gasteiger partial charge in [-0.15, -0.1) is 0 Å². The van der Waals surface area contributed by atoms with Crippen LogP contribution in [0, 0.1) is 5.92 Å². The minimum atomic E-state index is -0.173. The summed E-state index contributed by atoms with van der Waals surface area (Å²) in [5.74, 6) is 0.268. The lowest BCUT2D eigenvalue weighted by atomic mass is 10.00. The third kappa shape index (κ3) is 4.03. The highest BCUT2D eigenvalue weighted by Gasteiger charge is 2.23. The fraction of sp³-hybridized carbons (Fsp3) is 0.562. The molecule has 2 amide bonds. The predicted molar refractivity (Wildman–Crippen MR) is 81.1 cm³/mol. The molecular weight excluding hydrogens is 266 g/mol. The molecule has 5 heteroatoms. The summed E-state index contributed by atoms with van der Waals surface area (Å²) in [4.78, 5) is 30.4. The van der Waals surface area contributed by atoms with Gasteiger partial charge in [0.1, 0.15) is 5.69 Å². The molecule has 0 aromatic carbocycles. The highest BCUT2D eigenvalue weighted by molar-refractivity contribution is 5.98. The molecule has 0 spiro atoms. The Morgan fingerprint density at radius 1 is 1.43 bits per heavy atom. The molecule has 1 aromatic rings. The van der Waals surface area contributed by atoms with Gasteiger partial charge < -0.3 is 10.2 Å². The van der Waals surface area contributed by atoms with Gasteiger partial charge in [0.05, 0.1) is 0 Å². The number of likely N-dealkylation sites (tertiary alicyclic amines) is 1. The van der Waals surface area contributed by atoms with Gasteiger partial charge >= 0.3 is 0 Å². The van der Waals surface area contributed by atoms with Crippen LogP contribution in [0.15, 0.2) is 18.3 Å². The molecule has 1 aliphatic heterocycles. The molecular formula is C16H23N3O2. The Kier molecular flexibility index (Phi) is 4.94. The number of rotatable bonds is 3. The number of pyridine rings is 1. The number of hydrogen-bond acceptors (Lipinski definition) is 3. The van der Waals surface area contributed by atoms with Crippen LogP contribution in [0.1, 0.15) is 54.5 Å². The average Bonchev–Trinajstić information content (AvgIpc) is 2.46. The third-order valence-electron chi connectivity index (χ3n) is 3.61. The molecule has 1 unspecified atom stereocenters. The van der Waals surface area contributed by atoms with E-state index in [1.165, 1.54) is 6.20 Å². The van der Waals surface area contributed by atoms with Crippen LogP contribution in [-0.4, -0.2) is 40.8 Å². The molecule has 1 saturated heterocycles. The van der Waals surface area contributed by atoms with Crippen LogP contribution in [0.2, 0.25) is 0 Å². The summed E-state index contributed by atoms with van der Waals surface area (Å²) >= 11 is 0. The second kappa shape index (κ2) is 6.70. The zero-order valence-corrected chi connectivity index (χ0v) is 12.9. The Labute approximate surface area is 125 Å². The predicted octanol–water partition coefficient (Wildman–Crippen LogP) is 2.09. The van der Waals surface area contributed by atoms with E-state index in [0.717, 1.165) is 25.9 Å². The van der Waals surface area contributed by atoms with Gasteiger partial charge in [-0.1, -0.05) is 6.92 Å². The van der Waals surface area contributed by atoms with E-state index < -0.39 is 0 Å². The van der Waals surface area contributed by atoms with Gasteiger partial charge in [-0.3, -0.25) is 14.6 Å². The molecule has 1 aliphatic rings. The highest BCUT2D eigenvalue weighted by atomic mass is 16.2. The standard InChI is InChI=1S/C16H23N3O2/c1-11(2)18-15(20)13-6-7-17-14(9-13)16(21)19-8-4-5-12(3)10-19/h6-7,9,11-12H,4-5,8,10H2,1-3H3,(H,18,20). The van der Waals surface area contributed by atoms with Crippen LogP contribution in [0.3, 0.4) is 0 Å². The Balaban J connectivity index is 2.13. The quantitative estimate of drug-likeness (QED) is 0.927. The minimum Gasteiger partial charge on any atom is -0.350 e. The molecule has 0 aliphatic carbocycles. The molecule has 5 nitrogen and oxygen atoms in total. The summed E-state index contributed by atoms with van der Waals surface area (Å²) in [5, 5.41) is 2.82. The lowest BCUT2D eigenvalue weighted by Crippen LogP contribution is -2.39. The van der Waals surface area contributed by atoms with Gasteiger partial charge in [-0.25, -0.2) is 0 Å². The average molecular weight is 289 g/mol. The monoisotopic (exact) mass is 289 g/mol. The second-order valence-corrected chi connectivity index (χ2v) is 6.06. The van der Waals surface area contributed by atoms with E-state index >= 15 is 0 Å². The van der Waals surface area contributed by atoms with E-state index in [1.54, 1.807) is 12.1 Å². The fourth-order valence-corrected chi connectivity index (χ4v) is 2.57. The SMILES string of the molecule is CC1CCCN(C(=O)c2cc(C(=O)NC(C)C)ccn2)C1. The maximum atomic E-state index is 12.5. The molecule has 0 saturated carbocycles. The highest BCUT2D eigenvalue weighted by Crippen LogP contribution is 2.17. The summed E-state index contributed by atoms with van der Waals surface area (Å²) in [6.45, 7) is 7.50. The van der Waals surface area contributed by atoms with Crippen molar-refractivity contribution >= 4 is 11.8 Å². The van der Waals surface area contributed by atoms with E-state index in [2.05, 4.69) is 17.2 Å². The van der Waals surface area contributed by atoms with Crippen LogP contribution in [0.5, 0.6) is 0 Å². The number of piperidine rings is 1. The normalized spacial score (nSPS) is 18.7. The zero-order valence-electron chi connectivity index (χ0n) is 12.9. The molecule has 0 bridgehead atoms. The van der Waals surface area contributed by atoms with Crippen molar-refractivity contribution < 1.29 is 9.59 Å². The number of carbonyl (C=O) groups excluding carboxylic acids is 2. The van der Waals surface area contributed by atoms with Crippen LogP contribution < -0.4 is 5.32 Å². The van der Waals surface area contributed by atoms with E-state index in [4.69, 9.17) is 0 Å². The topological polar surface area (TPSA) is 62.3 Å². The van der Waals surface area contributed by atoms with E-state index in [9.17, 15) is 9.59 Å². The number of nitrogens with zero attached hydrogens (tertiary/aromatic N) is 2. The second-order valence-electron chi connectivity index (χ2n) is 6.06. The Morgan fingerprint density at radius 3 is 2.86 bits per heavy atom. The molecule has 1 fully saturated rings. The van der Waals surface area contributed by atoms with Crippen molar-refractivity contribution in [2.45, 2.75) is 39.7 Å². The largest absolute Gasteiger partial charge is 0.350 e. The zero-order chi connectivity index (χ0) is 15.4. The fourth-order valence-electron chi connectivity index (χ4n) is 2.57. The van der Waals surface area contributed by atoms with Crippen LogP contribution >= 0.6 is 0 Å². The first-order valence-electron chi connectivity index (χ1n) is 7.53. The van der Waals surface area contributed by atoms with Crippen molar-refractivity contribution in [3.8, 4) is 0 Å². The molecule has 1 N–H and O–H groups in total. The molecule has 2 heterocycles. The first-order chi connectivity index (χ1) is 9.97. The van der Waals surface area contributed by atoms with Gasteiger partial charge in [0, 0.05) is 30.9 Å². The minimum absolute atomic E-state index is 0.0627. The number of nitrogens with one attached hydrogen (secondary N) is 1. The van der Waals surface area contributed by atoms with Gasteiger partial charge in [-0.2, -0.15) is 0 Å². The number of aromatic nitrogens is 1. The van der Waals surface area contributed by atoms with Crippen molar-refractivity contribution in [1.82, 2.24) is 15.2 Å². The van der Waals surface area contributed by atoms with E-state index in [-0.39, 0.29) is 17.9 Å². The smallest absolute Gasteiger partial charge is 0.272 e. The lowest BCUT2D eigenvalue weighted by molar-refractivity contribution is 0.0677. The summed E-state index contributed by atoms with van der Waals surface area (Å²) in [5.41, 5.74) is 0.826. The Hall–Kier alpha value is -1.91. The third-order valence-corrected chi connectivity index (χ3v) is 3.61. The van der Waals surface area contributed by atoms with Gasteiger partial charge in [0.15, 0.2) is 0 Å². The molecule has 1 atom stereocenters. The van der Waals surface area contributed by atoms with Crippen LogP contribution in [0.4, 0.5) is 0 Å². The maximum Gasteiger partial charge on any atom is 0.272 e. The Bertz CT molecular complexity index is 528. The van der Waals surface area contributed by atoms with E-state index in [0.29, 0.717) is 17.2 Å². The summed E-state index contributed by atoms with van der Waals surface area (Å²) in [6, 6.07) is 3.28. The first kappa shape index (κ1) is 15.5. The summed E-state index contributed by atoms with van der Waals surface area (Å²) in [6.07, 6.45) is 3.71.